The van der Waals surface area contributed by atoms with Gasteiger partial charge in [-0.3, -0.25) is 10.1 Å². The summed E-state index contributed by atoms with van der Waals surface area (Å²) in [6.45, 7) is 2.27. The molecule has 7 nitrogen and oxygen atoms in total. The lowest BCUT2D eigenvalue weighted by molar-refractivity contribution is -0.384. The van der Waals surface area contributed by atoms with Crippen molar-refractivity contribution in [2.24, 2.45) is 0 Å². The molecule has 2 aromatic rings. The van der Waals surface area contributed by atoms with E-state index in [1.165, 1.54) is 6.07 Å². The Hall–Kier alpha value is -2.28. The molecule has 0 aliphatic carbocycles. The van der Waals surface area contributed by atoms with E-state index in [1.54, 1.807) is 19.2 Å². The zero-order chi connectivity index (χ0) is 13.1. The van der Waals surface area contributed by atoms with Crippen molar-refractivity contribution >= 4 is 5.69 Å². The van der Waals surface area contributed by atoms with Crippen LogP contribution in [0.1, 0.15) is 11.5 Å². The molecule has 7 heteroatoms. The average Bonchev–Trinajstić information content (AvgIpc) is 2.77. The number of nitro groups is 1. The highest BCUT2D eigenvalue weighted by atomic mass is 16.6. The lowest BCUT2D eigenvalue weighted by Crippen LogP contribution is -2.04. The van der Waals surface area contributed by atoms with Gasteiger partial charge in [-0.2, -0.15) is 0 Å². The predicted molar refractivity (Wildman–Crippen MR) is 63.9 cm³/mol. The molecule has 94 valence electrons. The van der Waals surface area contributed by atoms with Crippen molar-refractivity contribution in [2.75, 3.05) is 7.05 Å². The topological polar surface area (TPSA) is 94.1 Å². The van der Waals surface area contributed by atoms with Crippen LogP contribution < -0.4 is 5.32 Å². The molecule has 0 fully saturated rings. The lowest BCUT2D eigenvalue weighted by Gasteiger charge is -1.99. The van der Waals surface area contributed by atoms with Crippen molar-refractivity contribution in [1.82, 2.24) is 15.5 Å². The quantitative estimate of drug-likeness (QED) is 0.653. The summed E-state index contributed by atoms with van der Waals surface area (Å²) in [6.07, 6.45) is 0. The van der Waals surface area contributed by atoms with Crippen LogP contribution in [0.5, 0.6) is 0 Å². The fraction of sp³-hybridized carbons (Fsp3) is 0.273. The maximum absolute atomic E-state index is 10.9. The molecule has 0 spiro atoms. The number of nitro benzene ring substituents is 1. The van der Waals surface area contributed by atoms with Crippen LogP contribution in [0.3, 0.4) is 0 Å². The van der Waals surface area contributed by atoms with Gasteiger partial charge < -0.3 is 9.73 Å². The van der Waals surface area contributed by atoms with E-state index in [9.17, 15) is 10.1 Å². The van der Waals surface area contributed by atoms with Crippen LogP contribution in [0.15, 0.2) is 22.6 Å². The minimum absolute atomic E-state index is 0.0414. The van der Waals surface area contributed by atoms with Gasteiger partial charge in [0, 0.05) is 6.07 Å². The van der Waals surface area contributed by atoms with Crippen molar-refractivity contribution in [3.8, 4) is 11.5 Å². The molecule has 1 aromatic heterocycles. The minimum atomic E-state index is -0.462. The third kappa shape index (κ3) is 2.35. The van der Waals surface area contributed by atoms with Crippen LogP contribution >= 0.6 is 0 Å². The molecule has 18 heavy (non-hydrogen) atoms. The van der Waals surface area contributed by atoms with Crippen LogP contribution in [0, 0.1) is 17.0 Å². The Kier molecular flexibility index (Phi) is 3.33. The molecule has 0 bridgehead atoms. The smallest absolute Gasteiger partial charge is 0.282 e. The van der Waals surface area contributed by atoms with Gasteiger partial charge in [0.1, 0.15) is 5.56 Å². The van der Waals surface area contributed by atoms with Gasteiger partial charge in [0.15, 0.2) is 0 Å². The minimum Gasteiger partial charge on any atom is -0.419 e. The SMILES string of the molecule is CNCc1nnc(-c2cc(C)ccc2[N+](=O)[O-])o1. The van der Waals surface area contributed by atoms with Crippen LogP contribution in [0.2, 0.25) is 0 Å². The molecule has 0 amide bonds. The van der Waals surface area contributed by atoms with Crippen LogP contribution in [0.4, 0.5) is 5.69 Å². The summed E-state index contributed by atoms with van der Waals surface area (Å²) in [6, 6.07) is 4.77. The van der Waals surface area contributed by atoms with Crippen LogP contribution in [-0.2, 0) is 6.54 Å². The normalized spacial score (nSPS) is 10.6. The summed E-state index contributed by atoms with van der Waals surface area (Å²) in [5.41, 5.74) is 1.19. The van der Waals surface area contributed by atoms with E-state index in [0.29, 0.717) is 18.0 Å². The Morgan fingerprint density at radius 1 is 1.44 bits per heavy atom. The average molecular weight is 248 g/mol. The first-order valence-electron chi connectivity index (χ1n) is 5.34. The van der Waals surface area contributed by atoms with Gasteiger partial charge in [0.2, 0.25) is 5.89 Å². The van der Waals surface area contributed by atoms with Crippen LogP contribution in [-0.4, -0.2) is 22.2 Å². The molecule has 2 rings (SSSR count). The highest BCUT2D eigenvalue weighted by Gasteiger charge is 2.20. The van der Waals surface area contributed by atoms with Gasteiger partial charge in [0.05, 0.1) is 11.5 Å². The van der Waals surface area contributed by atoms with E-state index in [-0.39, 0.29) is 11.6 Å². The Morgan fingerprint density at radius 2 is 2.22 bits per heavy atom. The van der Waals surface area contributed by atoms with Crippen molar-refractivity contribution < 1.29 is 9.34 Å². The zero-order valence-corrected chi connectivity index (χ0v) is 10.0. The van der Waals surface area contributed by atoms with Gasteiger partial charge in [0.25, 0.3) is 11.6 Å². The number of rotatable bonds is 4. The molecular formula is C11H12N4O3. The molecule has 0 saturated heterocycles. The Labute approximate surface area is 103 Å². The fourth-order valence-electron chi connectivity index (χ4n) is 1.57. The first kappa shape index (κ1) is 12.2. The monoisotopic (exact) mass is 248 g/mol. The number of nitrogens with zero attached hydrogens (tertiary/aromatic N) is 3. The molecule has 0 unspecified atom stereocenters. The Balaban J connectivity index is 2.47. The van der Waals surface area contributed by atoms with Gasteiger partial charge in [-0.1, -0.05) is 6.07 Å². The number of nitrogens with one attached hydrogen (secondary N) is 1. The highest BCUT2D eigenvalue weighted by molar-refractivity contribution is 5.67. The van der Waals surface area contributed by atoms with Crippen molar-refractivity contribution in [1.29, 1.82) is 0 Å². The summed E-state index contributed by atoms with van der Waals surface area (Å²) in [7, 11) is 1.75. The first-order chi connectivity index (χ1) is 8.61. The predicted octanol–water partition coefficient (Wildman–Crippen LogP) is 1.67. The first-order valence-corrected chi connectivity index (χ1v) is 5.34. The van der Waals surface area contributed by atoms with E-state index in [4.69, 9.17) is 4.42 Å². The zero-order valence-electron chi connectivity index (χ0n) is 10.0. The van der Waals surface area contributed by atoms with Crippen molar-refractivity contribution in [3.63, 3.8) is 0 Å². The molecule has 0 radical (unpaired) electrons. The maximum atomic E-state index is 10.9. The van der Waals surface area contributed by atoms with E-state index in [0.717, 1.165) is 5.56 Å². The number of aryl methyl sites for hydroxylation is 1. The second-order valence-electron chi connectivity index (χ2n) is 3.81. The molecule has 0 saturated carbocycles. The fourth-order valence-corrected chi connectivity index (χ4v) is 1.57. The van der Waals surface area contributed by atoms with E-state index in [1.807, 2.05) is 6.92 Å². The summed E-state index contributed by atoms with van der Waals surface area (Å²) in [4.78, 5) is 10.5. The third-order valence-corrected chi connectivity index (χ3v) is 2.37. The van der Waals surface area contributed by atoms with Gasteiger partial charge in [-0.25, -0.2) is 0 Å². The van der Waals surface area contributed by atoms with Gasteiger partial charge in [-0.15, -0.1) is 10.2 Å². The van der Waals surface area contributed by atoms with Crippen LogP contribution in [0.25, 0.3) is 11.5 Å². The summed E-state index contributed by atoms with van der Waals surface area (Å²) >= 11 is 0. The van der Waals surface area contributed by atoms with Crippen molar-refractivity contribution in [3.05, 3.63) is 39.8 Å². The largest absolute Gasteiger partial charge is 0.419 e. The summed E-state index contributed by atoms with van der Waals surface area (Å²) < 4.78 is 5.37. The molecule has 1 N–H and O–H groups in total. The lowest BCUT2D eigenvalue weighted by atomic mass is 10.1. The summed E-state index contributed by atoms with van der Waals surface area (Å²) in [5, 5.41) is 21.4. The molecule has 1 aromatic carbocycles. The second kappa shape index (κ2) is 4.92. The third-order valence-electron chi connectivity index (χ3n) is 2.37. The Bertz CT molecular complexity index is 579. The molecule has 0 aliphatic heterocycles. The van der Waals surface area contributed by atoms with Gasteiger partial charge in [-0.05, 0) is 25.6 Å². The van der Waals surface area contributed by atoms with Crippen molar-refractivity contribution in [2.45, 2.75) is 13.5 Å². The summed E-state index contributed by atoms with van der Waals surface area (Å²) in [5.74, 6) is 0.555. The number of hydrogen-bond acceptors (Lipinski definition) is 6. The van der Waals surface area contributed by atoms with E-state index >= 15 is 0 Å². The maximum Gasteiger partial charge on any atom is 0.282 e. The van der Waals surface area contributed by atoms with Gasteiger partial charge >= 0.3 is 0 Å². The number of benzene rings is 1. The van der Waals surface area contributed by atoms with E-state index < -0.39 is 4.92 Å². The standard InChI is InChI=1S/C11H12N4O3/c1-7-3-4-9(15(16)17)8(5-7)11-14-13-10(18-11)6-12-2/h3-5,12H,6H2,1-2H3. The number of aromatic nitrogens is 2. The highest BCUT2D eigenvalue weighted by Crippen LogP contribution is 2.29. The molecule has 1 heterocycles. The van der Waals surface area contributed by atoms with E-state index in [2.05, 4.69) is 15.5 Å². The second-order valence-corrected chi connectivity index (χ2v) is 3.81. The Morgan fingerprint density at radius 3 is 2.89 bits per heavy atom. The molecule has 0 atom stereocenters. The number of hydrogen-bond donors (Lipinski definition) is 1. The molecule has 0 aliphatic rings. The molecular weight excluding hydrogens is 236 g/mol.